The van der Waals surface area contributed by atoms with Crippen LogP contribution in [0.15, 0.2) is 49.6 Å². The van der Waals surface area contributed by atoms with Gasteiger partial charge < -0.3 is 0 Å². The molecule has 0 atom stereocenters. The average Bonchev–Trinajstić information content (AvgIpc) is 2.55. The largest absolute Gasteiger partial charge is 0.584 e. The molecular formula is C12H13O10P. The van der Waals surface area contributed by atoms with Crippen LogP contribution < -0.4 is 0 Å². The van der Waals surface area contributed by atoms with Crippen LogP contribution in [0, 0.1) is 0 Å². The first-order chi connectivity index (χ1) is 10.8. The van der Waals surface area contributed by atoms with Crippen LogP contribution >= 0.6 is 7.82 Å². The molecule has 0 amide bonds. The van der Waals surface area contributed by atoms with Gasteiger partial charge in [-0.25, -0.2) is 18.9 Å². The third-order valence-electron chi connectivity index (χ3n) is 1.59. The van der Waals surface area contributed by atoms with Gasteiger partial charge in [0.1, 0.15) is 0 Å². The molecule has 0 radical (unpaired) electrons. The minimum absolute atomic E-state index is 0.176. The predicted molar refractivity (Wildman–Crippen MR) is 73.5 cm³/mol. The fourth-order valence-corrected chi connectivity index (χ4v) is 1.24. The van der Waals surface area contributed by atoms with E-state index in [0.717, 1.165) is 0 Å². The molecule has 0 saturated carbocycles. The molecule has 0 aliphatic rings. The fourth-order valence-electron chi connectivity index (χ4n) is 0.672. The first kappa shape index (κ1) is 20.5. The highest BCUT2D eigenvalue weighted by Gasteiger charge is 2.37. The molecule has 0 aromatic heterocycles. The second kappa shape index (κ2) is 10.2. The Hall–Kier alpha value is -2.52. The highest BCUT2D eigenvalue weighted by Crippen LogP contribution is 2.50. The third kappa shape index (κ3) is 8.49. The van der Waals surface area contributed by atoms with Crippen molar-refractivity contribution in [3.63, 3.8) is 0 Å². The summed E-state index contributed by atoms with van der Waals surface area (Å²) in [6, 6.07) is 0. The molecule has 0 rings (SSSR count). The topological polar surface area (TPSA) is 124 Å². The fraction of sp³-hybridized carbons (Fsp3) is 0.0833. The number of carbonyl (C=O) groups is 3. The summed E-state index contributed by atoms with van der Waals surface area (Å²) in [6.07, 6.45) is 4.03. The molecule has 0 N–H and O–H groups in total. The standard InChI is InChI=1S/C12H13O10P/c1-5-8-9(4)12(15)19-22-23(16,20-17-10(13)6-2)21-18-11(14)7-3/h5-8H,2-4H2,1H3/b8-5+. The highest BCUT2D eigenvalue weighted by atomic mass is 31.2. The molecule has 10 nitrogen and oxygen atoms in total. The summed E-state index contributed by atoms with van der Waals surface area (Å²) in [5, 5.41) is 0. The van der Waals surface area contributed by atoms with Gasteiger partial charge in [0, 0.05) is 12.2 Å². The molecule has 0 aromatic rings. The van der Waals surface area contributed by atoms with Gasteiger partial charge in [-0.3, -0.25) is 14.7 Å². The minimum Gasteiger partial charge on any atom is -0.283 e. The number of phosphoric acid groups is 1. The van der Waals surface area contributed by atoms with E-state index >= 15 is 0 Å². The Morgan fingerprint density at radius 1 is 0.913 bits per heavy atom. The van der Waals surface area contributed by atoms with E-state index in [4.69, 9.17) is 0 Å². The Labute approximate surface area is 130 Å². The summed E-state index contributed by atoms with van der Waals surface area (Å²) in [7, 11) is -4.96. The SMILES string of the molecule is C=CC(=O)OOP(=O)(OOC(=O)C=C)OOC(=O)C(=C)/C=C/C. The Morgan fingerprint density at radius 2 is 1.35 bits per heavy atom. The summed E-state index contributed by atoms with van der Waals surface area (Å²) in [4.78, 5) is 45.1. The van der Waals surface area contributed by atoms with Crippen molar-refractivity contribution >= 4 is 25.7 Å². The second-order valence-corrected chi connectivity index (χ2v) is 4.62. The lowest BCUT2D eigenvalue weighted by Crippen LogP contribution is -2.11. The Morgan fingerprint density at radius 3 is 1.74 bits per heavy atom. The molecule has 0 unspecified atom stereocenters. The molecule has 0 saturated heterocycles. The van der Waals surface area contributed by atoms with E-state index in [1.165, 1.54) is 12.2 Å². The van der Waals surface area contributed by atoms with Crippen molar-refractivity contribution < 1.29 is 47.6 Å². The number of allylic oxidation sites excluding steroid dienone is 1. The lowest BCUT2D eigenvalue weighted by Gasteiger charge is -2.12. The molecule has 0 aromatic carbocycles. The van der Waals surface area contributed by atoms with Crippen LogP contribution in [0.5, 0.6) is 0 Å². The molecule has 0 spiro atoms. The number of carbonyl (C=O) groups excluding carboxylic acids is 3. The Balaban J connectivity index is 4.85. The zero-order valence-corrected chi connectivity index (χ0v) is 12.9. The zero-order valence-electron chi connectivity index (χ0n) is 12.0. The first-order valence-corrected chi connectivity index (χ1v) is 7.11. The van der Waals surface area contributed by atoms with Crippen LogP contribution in [0.3, 0.4) is 0 Å². The summed E-state index contributed by atoms with van der Waals surface area (Å²) >= 11 is 0. The van der Waals surface area contributed by atoms with Crippen LogP contribution in [-0.2, 0) is 47.6 Å². The molecule has 11 heteroatoms. The van der Waals surface area contributed by atoms with Crippen molar-refractivity contribution in [3.8, 4) is 0 Å². The van der Waals surface area contributed by atoms with E-state index in [9.17, 15) is 18.9 Å². The van der Waals surface area contributed by atoms with E-state index < -0.39 is 25.7 Å². The van der Waals surface area contributed by atoms with Gasteiger partial charge in [-0.05, 0) is 6.92 Å². The van der Waals surface area contributed by atoms with Crippen LogP contribution in [0.2, 0.25) is 0 Å². The van der Waals surface area contributed by atoms with Crippen LogP contribution in [0.4, 0.5) is 0 Å². The molecular weight excluding hydrogens is 335 g/mol. The van der Waals surface area contributed by atoms with Gasteiger partial charge in [0.15, 0.2) is 0 Å². The molecule has 0 aliphatic carbocycles. The van der Waals surface area contributed by atoms with E-state index in [1.54, 1.807) is 6.92 Å². The van der Waals surface area contributed by atoms with Crippen molar-refractivity contribution in [1.29, 1.82) is 0 Å². The maximum atomic E-state index is 11.9. The smallest absolute Gasteiger partial charge is 0.283 e. The lowest BCUT2D eigenvalue weighted by molar-refractivity contribution is -0.292. The zero-order chi connectivity index (χ0) is 17.9. The minimum atomic E-state index is -4.96. The van der Waals surface area contributed by atoms with Crippen LogP contribution in [-0.4, -0.2) is 17.9 Å². The third-order valence-corrected chi connectivity index (χ3v) is 2.36. The van der Waals surface area contributed by atoms with Gasteiger partial charge in [-0.15, -0.1) is 0 Å². The maximum absolute atomic E-state index is 11.9. The maximum Gasteiger partial charge on any atom is 0.584 e. The van der Waals surface area contributed by atoms with Gasteiger partial charge >= 0.3 is 25.7 Å². The van der Waals surface area contributed by atoms with Crippen molar-refractivity contribution in [2.24, 2.45) is 0 Å². The van der Waals surface area contributed by atoms with E-state index in [-0.39, 0.29) is 5.57 Å². The molecule has 0 bridgehead atoms. The summed E-state index contributed by atoms with van der Waals surface area (Å²) in [5.41, 5.74) is -0.176. The number of hydrogen-bond acceptors (Lipinski definition) is 10. The van der Waals surface area contributed by atoms with Gasteiger partial charge in [0.25, 0.3) is 0 Å². The average molecular weight is 348 g/mol. The van der Waals surface area contributed by atoms with E-state index in [2.05, 4.69) is 48.4 Å². The van der Waals surface area contributed by atoms with Crippen molar-refractivity contribution in [1.82, 2.24) is 0 Å². The lowest BCUT2D eigenvalue weighted by atomic mass is 10.3. The van der Waals surface area contributed by atoms with E-state index in [0.29, 0.717) is 12.2 Å². The Bertz CT molecular complexity index is 548. The second-order valence-electron chi connectivity index (χ2n) is 3.28. The first-order valence-electron chi connectivity index (χ1n) is 5.65. The Kier molecular flexibility index (Phi) is 9.12. The molecule has 0 aliphatic heterocycles. The highest BCUT2D eigenvalue weighted by molar-refractivity contribution is 7.48. The van der Waals surface area contributed by atoms with E-state index in [1.807, 2.05) is 0 Å². The van der Waals surface area contributed by atoms with Gasteiger partial charge in [-0.1, -0.05) is 45.9 Å². The normalized spacial score (nSPS) is 10.7. The summed E-state index contributed by atoms with van der Waals surface area (Å²) < 4.78 is 24.1. The van der Waals surface area contributed by atoms with Crippen molar-refractivity contribution in [2.45, 2.75) is 6.92 Å². The molecule has 0 heterocycles. The van der Waals surface area contributed by atoms with Crippen molar-refractivity contribution in [2.75, 3.05) is 0 Å². The number of rotatable bonds is 10. The van der Waals surface area contributed by atoms with Crippen LogP contribution in [0.1, 0.15) is 6.92 Å². The predicted octanol–water partition coefficient (Wildman–Crippen LogP) is 2.02. The monoisotopic (exact) mass is 348 g/mol. The quantitative estimate of drug-likeness (QED) is 0.190. The van der Waals surface area contributed by atoms with Gasteiger partial charge in [-0.2, -0.15) is 0 Å². The van der Waals surface area contributed by atoms with Gasteiger partial charge in [0.2, 0.25) is 0 Å². The van der Waals surface area contributed by atoms with Gasteiger partial charge in [0.05, 0.1) is 5.57 Å². The molecule has 126 valence electrons. The summed E-state index contributed by atoms with van der Waals surface area (Å²) in [5.74, 6) is -3.53. The number of hydrogen-bond donors (Lipinski definition) is 0. The van der Waals surface area contributed by atoms with Crippen molar-refractivity contribution in [3.05, 3.63) is 49.6 Å². The summed E-state index contributed by atoms with van der Waals surface area (Å²) in [6.45, 7) is 11.0. The molecule has 0 fully saturated rings. The van der Waals surface area contributed by atoms with Crippen LogP contribution in [0.25, 0.3) is 0 Å². The molecule has 23 heavy (non-hydrogen) atoms.